The Morgan fingerprint density at radius 2 is 1.76 bits per heavy atom. The Morgan fingerprint density at radius 1 is 1.03 bits per heavy atom. The van der Waals surface area contributed by atoms with E-state index < -0.39 is 6.61 Å². The second-order valence-corrected chi connectivity index (χ2v) is 6.84. The summed E-state index contributed by atoms with van der Waals surface area (Å²) < 4.78 is 45.6. The molecule has 1 aliphatic heterocycles. The molecule has 0 saturated heterocycles. The second kappa shape index (κ2) is 8.98. The molecule has 156 valence electrons. The molecule has 0 fully saturated rings. The summed E-state index contributed by atoms with van der Waals surface area (Å²) in [6.07, 6.45) is 0. The Kier molecular flexibility index (Phi) is 6.41. The van der Waals surface area contributed by atoms with Gasteiger partial charge < -0.3 is 24.3 Å². The van der Waals surface area contributed by atoms with E-state index in [1.807, 2.05) is 32.0 Å². The highest BCUT2D eigenvalue weighted by Gasteiger charge is 2.23. The fourth-order valence-corrected chi connectivity index (χ4v) is 3.12. The first-order chi connectivity index (χ1) is 13.9. The van der Waals surface area contributed by atoms with Gasteiger partial charge in [-0.3, -0.25) is 4.79 Å². The number of carbonyl (C=O) groups excluding carboxylic acids is 1. The average molecular weight is 407 g/mol. The summed E-state index contributed by atoms with van der Waals surface area (Å²) in [5.41, 5.74) is 1.15. The Bertz CT molecular complexity index is 872. The molecule has 0 unspecified atom stereocenters. The number of hydrogen-bond acceptors (Lipinski definition) is 5. The fraction of sp³-hybridized carbons (Fsp3) is 0.381. The van der Waals surface area contributed by atoms with Gasteiger partial charge in [-0.25, -0.2) is 0 Å². The van der Waals surface area contributed by atoms with Gasteiger partial charge in [0, 0.05) is 5.56 Å². The van der Waals surface area contributed by atoms with Crippen molar-refractivity contribution < 1.29 is 32.5 Å². The third-order valence-corrected chi connectivity index (χ3v) is 4.52. The molecule has 0 bridgehead atoms. The van der Waals surface area contributed by atoms with Crippen molar-refractivity contribution in [2.75, 3.05) is 20.3 Å². The van der Waals surface area contributed by atoms with E-state index in [1.54, 1.807) is 0 Å². The maximum absolute atomic E-state index is 12.8. The quantitative estimate of drug-likeness (QED) is 0.745. The lowest BCUT2D eigenvalue weighted by molar-refractivity contribution is -0.0512. The van der Waals surface area contributed by atoms with Crippen LogP contribution in [0, 0.1) is 5.92 Å². The summed E-state index contributed by atoms with van der Waals surface area (Å²) >= 11 is 0. The van der Waals surface area contributed by atoms with E-state index in [9.17, 15) is 13.6 Å². The molecule has 29 heavy (non-hydrogen) atoms. The van der Waals surface area contributed by atoms with Gasteiger partial charge in [0.15, 0.2) is 23.0 Å². The molecule has 2 aromatic rings. The van der Waals surface area contributed by atoms with Crippen LogP contribution >= 0.6 is 0 Å². The van der Waals surface area contributed by atoms with Crippen LogP contribution in [-0.4, -0.2) is 32.8 Å². The van der Waals surface area contributed by atoms with E-state index in [2.05, 4.69) is 10.1 Å². The van der Waals surface area contributed by atoms with Crippen LogP contribution in [0.1, 0.15) is 35.8 Å². The number of methoxy groups -OCH3 is 1. The molecule has 8 heteroatoms. The SMILES string of the molecule is COc1cc(C(=O)N[C@@H](c2ccc3c(c2)OCCO3)C(C)C)ccc1OC(F)F. The summed E-state index contributed by atoms with van der Waals surface area (Å²) in [7, 11) is 1.32. The summed E-state index contributed by atoms with van der Waals surface area (Å²) in [6, 6.07) is 9.35. The van der Waals surface area contributed by atoms with Crippen LogP contribution in [0.25, 0.3) is 0 Å². The Balaban J connectivity index is 1.81. The predicted molar refractivity (Wildman–Crippen MR) is 102 cm³/mol. The van der Waals surface area contributed by atoms with Crippen LogP contribution in [0.5, 0.6) is 23.0 Å². The number of nitrogens with one attached hydrogen (secondary N) is 1. The number of hydrogen-bond donors (Lipinski definition) is 1. The number of halogens is 2. The van der Waals surface area contributed by atoms with Crippen molar-refractivity contribution in [1.29, 1.82) is 0 Å². The number of alkyl halides is 2. The van der Waals surface area contributed by atoms with Crippen LogP contribution in [0.4, 0.5) is 8.78 Å². The van der Waals surface area contributed by atoms with Gasteiger partial charge in [-0.15, -0.1) is 0 Å². The molecule has 2 aromatic carbocycles. The topological polar surface area (TPSA) is 66.0 Å². The minimum atomic E-state index is -2.98. The van der Waals surface area contributed by atoms with Crippen LogP contribution in [0.2, 0.25) is 0 Å². The molecule has 1 aliphatic rings. The first-order valence-corrected chi connectivity index (χ1v) is 9.22. The minimum absolute atomic E-state index is 0.0541. The molecule has 0 spiro atoms. The molecule has 0 aliphatic carbocycles. The first kappa shape index (κ1) is 20.7. The molecule has 0 saturated carbocycles. The minimum Gasteiger partial charge on any atom is -0.493 e. The van der Waals surface area contributed by atoms with Gasteiger partial charge in [0.25, 0.3) is 5.91 Å². The first-order valence-electron chi connectivity index (χ1n) is 9.22. The van der Waals surface area contributed by atoms with E-state index in [0.29, 0.717) is 24.7 Å². The smallest absolute Gasteiger partial charge is 0.387 e. The number of benzene rings is 2. The molecule has 1 amide bonds. The van der Waals surface area contributed by atoms with Gasteiger partial charge >= 0.3 is 6.61 Å². The normalized spacial score (nSPS) is 13.9. The lowest BCUT2D eigenvalue weighted by Crippen LogP contribution is -2.32. The van der Waals surface area contributed by atoms with E-state index in [4.69, 9.17) is 14.2 Å². The van der Waals surface area contributed by atoms with E-state index >= 15 is 0 Å². The summed E-state index contributed by atoms with van der Waals surface area (Å²) in [6.45, 7) is 1.97. The highest BCUT2D eigenvalue weighted by Crippen LogP contribution is 2.35. The van der Waals surface area contributed by atoms with Crippen LogP contribution in [0.3, 0.4) is 0 Å². The zero-order chi connectivity index (χ0) is 21.0. The molecule has 6 nitrogen and oxygen atoms in total. The number of fused-ring (bicyclic) bond motifs is 1. The van der Waals surface area contributed by atoms with Gasteiger partial charge in [0.05, 0.1) is 13.2 Å². The van der Waals surface area contributed by atoms with Crippen LogP contribution in [-0.2, 0) is 0 Å². The molecule has 3 rings (SSSR count). The molecule has 0 radical (unpaired) electrons. The monoisotopic (exact) mass is 407 g/mol. The Hall–Kier alpha value is -3.03. The van der Waals surface area contributed by atoms with Gasteiger partial charge in [0.1, 0.15) is 13.2 Å². The Labute approximate surface area is 167 Å². The summed E-state index contributed by atoms with van der Waals surface area (Å²) in [4.78, 5) is 12.8. The third-order valence-electron chi connectivity index (χ3n) is 4.52. The molecule has 1 N–H and O–H groups in total. The third kappa shape index (κ3) is 4.88. The summed E-state index contributed by atoms with van der Waals surface area (Å²) in [5.74, 6) is 0.965. The second-order valence-electron chi connectivity index (χ2n) is 6.84. The lowest BCUT2D eigenvalue weighted by atomic mass is 9.95. The molecule has 1 atom stereocenters. The van der Waals surface area contributed by atoms with Crippen molar-refractivity contribution in [1.82, 2.24) is 5.32 Å². The molecular formula is C21H23F2NO5. The van der Waals surface area contributed by atoms with Gasteiger partial charge in [0.2, 0.25) is 0 Å². The number of rotatable bonds is 7. The standard InChI is InChI=1S/C21H23F2NO5/c1-12(2)19(13-4-6-15-18(10-13)28-9-8-27-15)24-20(25)14-5-7-16(29-21(22)23)17(11-14)26-3/h4-7,10-12,19,21H,8-9H2,1-3H3,(H,24,25)/t19-/m1/s1. The van der Waals surface area contributed by atoms with Crippen molar-refractivity contribution in [3.8, 4) is 23.0 Å². The van der Waals surface area contributed by atoms with Crippen molar-refractivity contribution in [3.63, 3.8) is 0 Å². The fourth-order valence-electron chi connectivity index (χ4n) is 3.12. The van der Waals surface area contributed by atoms with Crippen LogP contribution in [0.15, 0.2) is 36.4 Å². The van der Waals surface area contributed by atoms with Gasteiger partial charge in [-0.1, -0.05) is 19.9 Å². The average Bonchev–Trinajstić information content (AvgIpc) is 2.71. The van der Waals surface area contributed by atoms with Gasteiger partial charge in [-0.2, -0.15) is 8.78 Å². The number of amides is 1. The molecule has 1 heterocycles. The van der Waals surface area contributed by atoms with Crippen molar-refractivity contribution in [3.05, 3.63) is 47.5 Å². The highest BCUT2D eigenvalue weighted by atomic mass is 19.3. The maximum Gasteiger partial charge on any atom is 0.387 e. The van der Waals surface area contributed by atoms with E-state index in [1.165, 1.54) is 25.3 Å². The number of carbonyl (C=O) groups is 1. The largest absolute Gasteiger partial charge is 0.493 e. The number of ether oxygens (including phenoxy) is 4. The van der Waals surface area contributed by atoms with Crippen molar-refractivity contribution in [2.24, 2.45) is 5.92 Å². The maximum atomic E-state index is 12.8. The molecular weight excluding hydrogens is 384 g/mol. The predicted octanol–water partition coefficient (Wildman–Crippen LogP) is 4.19. The lowest BCUT2D eigenvalue weighted by Gasteiger charge is -2.25. The summed E-state index contributed by atoms with van der Waals surface area (Å²) in [5, 5.41) is 2.99. The van der Waals surface area contributed by atoms with Crippen LogP contribution < -0.4 is 24.3 Å². The van der Waals surface area contributed by atoms with Crippen molar-refractivity contribution in [2.45, 2.75) is 26.5 Å². The molecule has 0 aromatic heterocycles. The van der Waals surface area contributed by atoms with Crippen molar-refractivity contribution >= 4 is 5.91 Å². The Morgan fingerprint density at radius 3 is 2.41 bits per heavy atom. The zero-order valence-electron chi connectivity index (χ0n) is 16.4. The van der Waals surface area contributed by atoms with E-state index in [0.717, 1.165) is 5.56 Å². The van der Waals surface area contributed by atoms with E-state index in [-0.39, 0.29) is 34.9 Å². The highest BCUT2D eigenvalue weighted by molar-refractivity contribution is 5.95. The van der Waals surface area contributed by atoms with Gasteiger partial charge in [-0.05, 0) is 41.8 Å². The zero-order valence-corrected chi connectivity index (χ0v) is 16.4.